The summed E-state index contributed by atoms with van der Waals surface area (Å²) < 4.78 is 0. The van der Waals surface area contributed by atoms with Crippen LogP contribution in [0.1, 0.15) is 17.5 Å². The predicted octanol–water partition coefficient (Wildman–Crippen LogP) is 2.87. The second-order valence-electron chi connectivity index (χ2n) is 5.92. The fourth-order valence-corrected chi connectivity index (χ4v) is 2.53. The van der Waals surface area contributed by atoms with Gasteiger partial charge in [-0.05, 0) is 31.1 Å². The third-order valence-corrected chi connectivity index (χ3v) is 3.83. The lowest BCUT2D eigenvalue weighted by molar-refractivity contribution is 0.322. The Kier molecular flexibility index (Phi) is 7.84. The molecule has 0 radical (unpaired) electrons. The highest BCUT2D eigenvalue weighted by Gasteiger charge is 2.01. The molecule has 128 valence electrons. The average Bonchev–Trinajstić information content (AvgIpc) is 2.63. The van der Waals surface area contributed by atoms with Crippen molar-refractivity contribution in [3.05, 3.63) is 71.8 Å². The molecule has 2 rings (SSSR count). The maximum Gasteiger partial charge on any atom is 0.191 e. The fraction of sp³-hybridized carbons (Fsp3) is 0.350. The largest absolute Gasteiger partial charge is 0.356 e. The summed E-state index contributed by atoms with van der Waals surface area (Å²) >= 11 is 0. The van der Waals surface area contributed by atoms with Crippen molar-refractivity contribution >= 4 is 5.96 Å². The summed E-state index contributed by atoms with van der Waals surface area (Å²) in [6.07, 6.45) is 1.08. The number of rotatable bonds is 8. The van der Waals surface area contributed by atoms with Gasteiger partial charge in [-0.3, -0.25) is 4.99 Å². The first-order valence-electron chi connectivity index (χ1n) is 8.49. The molecule has 0 amide bonds. The summed E-state index contributed by atoms with van der Waals surface area (Å²) in [6, 6.07) is 20.9. The molecule has 2 N–H and O–H groups in total. The average molecular weight is 324 g/mol. The molecule has 0 heterocycles. The van der Waals surface area contributed by atoms with E-state index in [0.717, 1.165) is 38.6 Å². The predicted molar refractivity (Wildman–Crippen MR) is 102 cm³/mol. The Labute approximate surface area is 145 Å². The van der Waals surface area contributed by atoms with Crippen molar-refractivity contribution < 1.29 is 0 Å². The number of guanidine groups is 1. The minimum Gasteiger partial charge on any atom is -0.356 e. The highest BCUT2D eigenvalue weighted by molar-refractivity contribution is 5.79. The molecule has 0 atom stereocenters. The molecule has 2 aromatic carbocycles. The van der Waals surface area contributed by atoms with E-state index in [-0.39, 0.29) is 0 Å². The molecule has 0 fully saturated rings. The van der Waals surface area contributed by atoms with Crippen molar-refractivity contribution in [1.82, 2.24) is 15.5 Å². The van der Waals surface area contributed by atoms with Crippen LogP contribution in [0.15, 0.2) is 65.7 Å². The molecule has 0 saturated heterocycles. The summed E-state index contributed by atoms with van der Waals surface area (Å²) in [4.78, 5) is 6.61. The number of nitrogens with one attached hydrogen (secondary N) is 2. The molecule has 2 aromatic rings. The number of hydrogen-bond acceptors (Lipinski definition) is 2. The second kappa shape index (κ2) is 10.4. The minimum atomic E-state index is 0.786. The molecule has 0 aromatic heterocycles. The van der Waals surface area contributed by atoms with E-state index in [4.69, 9.17) is 0 Å². The number of benzene rings is 2. The fourth-order valence-electron chi connectivity index (χ4n) is 2.53. The second-order valence-corrected chi connectivity index (χ2v) is 5.92. The summed E-state index contributed by atoms with van der Waals surface area (Å²) in [5, 5.41) is 6.71. The summed E-state index contributed by atoms with van der Waals surface area (Å²) in [7, 11) is 3.97. The van der Waals surface area contributed by atoms with Crippen molar-refractivity contribution in [1.29, 1.82) is 0 Å². The highest BCUT2D eigenvalue weighted by Crippen LogP contribution is 2.02. The Hall–Kier alpha value is -2.33. The monoisotopic (exact) mass is 324 g/mol. The van der Waals surface area contributed by atoms with Gasteiger partial charge in [0.25, 0.3) is 0 Å². The van der Waals surface area contributed by atoms with Gasteiger partial charge in [-0.15, -0.1) is 0 Å². The molecular weight excluding hydrogens is 296 g/mol. The first kappa shape index (κ1) is 18.0. The molecule has 4 heteroatoms. The third-order valence-electron chi connectivity index (χ3n) is 3.83. The van der Waals surface area contributed by atoms with Gasteiger partial charge < -0.3 is 15.5 Å². The zero-order valence-corrected chi connectivity index (χ0v) is 14.7. The van der Waals surface area contributed by atoms with E-state index in [1.165, 1.54) is 11.1 Å². The molecule has 0 aliphatic rings. The van der Waals surface area contributed by atoms with E-state index in [2.05, 4.69) is 82.2 Å². The zero-order chi connectivity index (χ0) is 17.0. The number of hydrogen-bond donors (Lipinski definition) is 2. The van der Waals surface area contributed by atoms with Crippen LogP contribution in [-0.4, -0.2) is 38.0 Å². The van der Waals surface area contributed by atoms with E-state index >= 15 is 0 Å². The Morgan fingerprint density at radius 3 is 2.17 bits per heavy atom. The summed E-state index contributed by atoms with van der Waals surface area (Å²) in [5.41, 5.74) is 2.61. The van der Waals surface area contributed by atoms with Gasteiger partial charge in [0.1, 0.15) is 0 Å². The van der Waals surface area contributed by atoms with Crippen LogP contribution in [0.2, 0.25) is 0 Å². The zero-order valence-electron chi connectivity index (χ0n) is 14.7. The molecule has 4 nitrogen and oxygen atoms in total. The third kappa shape index (κ3) is 6.84. The van der Waals surface area contributed by atoms with Gasteiger partial charge in [0.05, 0.1) is 0 Å². The van der Waals surface area contributed by atoms with Gasteiger partial charge in [0, 0.05) is 26.7 Å². The lowest BCUT2D eigenvalue weighted by atomic mass is 10.2. The van der Waals surface area contributed by atoms with Crippen LogP contribution in [0.25, 0.3) is 0 Å². The van der Waals surface area contributed by atoms with E-state index < -0.39 is 0 Å². The quantitative estimate of drug-likeness (QED) is 0.446. The van der Waals surface area contributed by atoms with E-state index in [9.17, 15) is 0 Å². The van der Waals surface area contributed by atoms with Gasteiger partial charge in [-0.1, -0.05) is 60.7 Å². The topological polar surface area (TPSA) is 39.7 Å². The number of nitrogens with zero attached hydrogens (tertiary/aromatic N) is 2. The van der Waals surface area contributed by atoms with Crippen LogP contribution in [0.4, 0.5) is 0 Å². The van der Waals surface area contributed by atoms with E-state index in [1.54, 1.807) is 0 Å². The standard InChI is InChI=1S/C20H28N4/c1-21-20(23-16-18-10-5-3-6-11-18)22-14-9-15-24(2)17-19-12-7-4-8-13-19/h3-8,10-13H,9,14-17H2,1-2H3,(H2,21,22,23). The first-order chi connectivity index (χ1) is 11.8. The first-order valence-corrected chi connectivity index (χ1v) is 8.49. The maximum absolute atomic E-state index is 4.27. The Morgan fingerprint density at radius 2 is 1.54 bits per heavy atom. The van der Waals surface area contributed by atoms with Gasteiger partial charge in [0.2, 0.25) is 0 Å². The summed E-state index contributed by atoms with van der Waals surface area (Å²) in [5.74, 6) is 0.851. The molecule has 0 unspecified atom stereocenters. The molecule has 0 spiro atoms. The van der Waals surface area contributed by atoms with Crippen molar-refractivity contribution in [2.45, 2.75) is 19.5 Å². The Morgan fingerprint density at radius 1 is 0.917 bits per heavy atom. The van der Waals surface area contributed by atoms with Gasteiger partial charge in [0.15, 0.2) is 5.96 Å². The molecule has 0 aliphatic heterocycles. The Bertz CT molecular complexity index is 596. The van der Waals surface area contributed by atoms with Crippen LogP contribution < -0.4 is 10.6 Å². The normalized spacial score (nSPS) is 11.5. The van der Waals surface area contributed by atoms with Crippen LogP contribution in [0, 0.1) is 0 Å². The van der Waals surface area contributed by atoms with Crippen LogP contribution in [0.3, 0.4) is 0 Å². The van der Waals surface area contributed by atoms with Crippen molar-refractivity contribution in [2.75, 3.05) is 27.2 Å². The lowest BCUT2D eigenvalue weighted by Gasteiger charge is -2.17. The number of aliphatic imine (C=N–C) groups is 1. The SMILES string of the molecule is CN=C(NCCCN(C)Cc1ccccc1)NCc1ccccc1. The van der Waals surface area contributed by atoms with Crippen LogP contribution in [0.5, 0.6) is 0 Å². The van der Waals surface area contributed by atoms with Crippen molar-refractivity contribution in [3.63, 3.8) is 0 Å². The molecule has 0 bridgehead atoms. The maximum atomic E-state index is 4.27. The van der Waals surface area contributed by atoms with Gasteiger partial charge >= 0.3 is 0 Å². The Balaban J connectivity index is 1.61. The molecule has 0 aliphatic carbocycles. The van der Waals surface area contributed by atoms with Gasteiger partial charge in [-0.25, -0.2) is 0 Å². The molecule has 24 heavy (non-hydrogen) atoms. The van der Waals surface area contributed by atoms with Gasteiger partial charge in [-0.2, -0.15) is 0 Å². The minimum absolute atomic E-state index is 0.786. The molecule has 0 saturated carbocycles. The van der Waals surface area contributed by atoms with Crippen molar-refractivity contribution in [2.24, 2.45) is 4.99 Å². The smallest absolute Gasteiger partial charge is 0.191 e. The molecular formula is C20H28N4. The van der Waals surface area contributed by atoms with Crippen molar-refractivity contribution in [3.8, 4) is 0 Å². The lowest BCUT2D eigenvalue weighted by Crippen LogP contribution is -2.38. The van der Waals surface area contributed by atoms with E-state index in [1.807, 2.05) is 13.1 Å². The van der Waals surface area contributed by atoms with E-state index in [0.29, 0.717) is 0 Å². The van der Waals surface area contributed by atoms with Crippen LogP contribution in [-0.2, 0) is 13.1 Å². The summed E-state index contributed by atoms with van der Waals surface area (Å²) in [6.45, 7) is 3.74. The highest BCUT2D eigenvalue weighted by atomic mass is 15.2. The van der Waals surface area contributed by atoms with Crippen LogP contribution >= 0.6 is 0 Å².